The zero-order valence-corrected chi connectivity index (χ0v) is 17.2. The molecular weight excluding hydrogens is 345 g/mol. The Bertz CT molecular complexity index is 349. The Morgan fingerprint density at radius 1 is 1.17 bits per heavy atom. The monoisotopic (exact) mass is 381 g/mol. The number of hydrogen-bond donors (Lipinski definition) is 2. The standard InChI is InChI=1S/C18H35N3O.2ClH/c1-14(2)12-21-9-6-16(13-21)11-20-18(22)10-15(3)17-4-7-19-8-5-17;;/h14-17,19H,4-13H2,1-3H3,(H,20,22);2*1H. The van der Waals surface area contributed by atoms with Crippen molar-refractivity contribution in [3.05, 3.63) is 0 Å². The summed E-state index contributed by atoms with van der Waals surface area (Å²) >= 11 is 0. The van der Waals surface area contributed by atoms with E-state index < -0.39 is 0 Å². The molecular formula is C18H37Cl2N3O. The molecule has 0 bridgehead atoms. The van der Waals surface area contributed by atoms with Crippen LogP contribution in [0.5, 0.6) is 0 Å². The van der Waals surface area contributed by atoms with Gasteiger partial charge in [0.2, 0.25) is 5.91 Å². The van der Waals surface area contributed by atoms with Crippen LogP contribution in [0, 0.1) is 23.7 Å². The molecule has 0 aromatic heterocycles. The third-order valence-electron chi connectivity index (χ3n) is 5.28. The number of halogens is 2. The average molecular weight is 382 g/mol. The van der Waals surface area contributed by atoms with Gasteiger partial charge in [-0.2, -0.15) is 0 Å². The normalized spacial score (nSPS) is 23.4. The fourth-order valence-electron chi connectivity index (χ4n) is 3.96. The third kappa shape index (κ3) is 8.37. The molecule has 4 nitrogen and oxygen atoms in total. The van der Waals surface area contributed by atoms with Gasteiger partial charge >= 0.3 is 0 Å². The van der Waals surface area contributed by atoms with E-state index in [2.05, 4.69) is 36.3 Å². The number of carbonyl (C=O) groups is 1. The summed E-state index contributed by atoms with van der Waals surface area (Å²) in [6.45, 7) is 13.4. The molecule has 2 aliphatic rings. The summed E-state index contributed by atoms with van der Waals surface area (Å²) in [6.07, 6.45) is 4.38. The van der Waals surface area contributed by atoms with Crippen LogP contribution in [-0.2, 0) is 4.79 Å². The van der Waals surface area contributed by atoms with E-state index in [0.29, 0.717) is 18.3 Å². The van der Waals surface area contributed by atoms with Gasteiger partial charge < -0.3 is 15.5 Å². The van der Waals surface area contributed by atoms with Gasteiger partial charge in [-0.05, 0) is 62.6 Å². The summed E-state index contributed by atoms with van der Waals surface area (Å²) < 4.78 is 0. The van der Waals surface area contributed by atoms with E-state index in [1.165, 1.54) is 32.4 Å². The first-order valence-corrected chi connectivity index (χ1v) is 9.24. The molecule has 0 saturated carbocycles. The maximum absolute atomic E-state index is 12.2. The van der Waals surface area contributed by atoms with Crippen LogP contribution in [0.4, 0.5) is 0 Å². The number of hydrogen-bond acceptors (Lipinski definition) is 3. The van der Waals surface area contributed by atoms with E-state index in [1.54, 1.807) is 0 Å². The first-order valence-electron chi connectivity index (χ1n) is 9.24. The van der Waals surface area contributed by atoms with Gasteiger partial charge in [-0.15, -0.1) is 24.8 Å². The van der Waals surface area contributed by atoms with Gasteiger partial charge in [0, 0.05) is 26.1 Å². The highest BCUT2D eigenvalue weighted by atomic mass is 35.5. The van der Waals surface area contributed by atoms with Crippen molar-refractivity contribution < 1.29 is 4.79 Å². The summed E-state index contributed by atoms with van der Waals surface area (Å²) in [5.74, 6) is 2.88. The van der Waals surface area contributed by atoms with Crippen molar-refractivity contribution in [3.63, 3.8) is 0 Å². The summed E-state index contributed by atoms with van der Waals surface area (Å²) in [5.41, 5.74) is 0. The molecule has 6 heteroatoms. The minimum absolute atomic E-state index is 0. The quantitative estimate of drug-likeness (QED) is 0.712. The molecule has 0 aromatic rings. The lowest BCUT2D eigenvalue weighted by Crippen LogP contribution is -2.35. The molecule has 24 heavy (non-hydrogen) atoms. The van der Waals surface area contributed by atoms with Crippen LogP contribution in [0.25, 0.3) is 0 Å². The molecule has 2 rings (SSSR count). The van der Waals surface area contributed by atoms with Crippen LogP contribution in [0.15, 0.2) is 0 Å². The molecule has 2 atom stereocenters. The third-order valence-corrected chi connectivity index (χ3v) is 5.28. The maximum Gasteiger partial charge on any atom is 0.220 e. The molecule has 2 saturated heterocycles. The number of carbonyl (C=O) groups excluding carboxylic acids is 1. The van der Waals surface area contributed by atoms with Gasteiger partial charge in [0.1, 0.15) is 0 Å². The number of rotatable bonds is 7. The van der Waals surface area contributed by atoms with Crippen molar-refractivity contribution in [3.8, 4) is 0 Å². The van der Waals surface area contributed by atoms with Crippen LogP contribution in [-0.4, -0.2) is 50.1 Å². The van der Waals surface area contributed by atoms with Gasteiger partial charge in [0.15, 0.2) is 0 Å². The zero-order valence-electron chi connectivity index (χ0n) is 15.6. The van der Waals surface area contributed by atoms with E-state index in [0.717, 1.165) is 38.0 Å². The predicted octanol–water partition coefficient (Wildman–Crippen LogP) is 2.95. The summed E-state index contributed by atoms with van der Waals surface area (Å²) in [4.78, 5) is 14.7. The van der Waals surface area contributed by atoms with E-state index in [4.69, 9.17) is 0 Å². The molecule has 0 spiro atoms. The average Bonchev–Trinajstić information content (AvgIpc) is 2.93. The SMILES string of the molecule is CC(C)CN1CCC(CNC(=O)CC(C)C2CCNCC2)C1.Cl.Cl. The van der Waals surface area contributed by atoms with Gasteiger partial charge in [-0.1, -0.05) is 20.8 Å². The van der Waals surface area contributed by atoms with E-state index in [-0.39, 0.29) is 30.7 Å². The second kappa shape index (κ2) is 12.3. The van der Waals surface area contributed by atoms with Crippen LogP contribution in [0.1, 0.15) is 46.5 Å². The first kappa shape index (κ1) is 24.0. The molecule has 2 fully saturated rings. The molecule has 0 radical (unpaired) electrons. The van der Waals surface area contributed by atoms with Gasteiger partial charge in [0.05, 0.1) is 0 Å². The molecule has 1 amide bonds. The van der Waals surface area contributed by atoms with Crippen molar-refractivity contribution in [1.29, 1.82) is 0 Å². The van der Waals surface area contributed by atoms with Crippen molar-refractivity contribution >= 4 is 30.7 Å². The number of amides is 1. The molecule has 0 aromatic carbocycles. The van der Waals surface area contributed by atoms with Crippen LogP contribution in [0.2, 0.25) is 0 Å². The van der Waals surface area contributed by atoms with Crippen molar-refractivity contribution in [1.82, 2.24) is 15.5 Å². The highest BCUT2D eigenvalue weighted by Gasteiger charge is 2.25. The highest BCUT2D eigenvalue weighted by molar-refractivity contribution is 5.85. The number of likely N-dealkylation sites (tertiary alicyclic amines) is 1. The topological polar surface area (TPSA) is 44.4 Å². The lowest BCUT2D eigenvalue weighted by molar-refractivity contribution is -0.122. The minimum atomic E-state index is 0. The van der Waals surface area contributed by atoms with Gasteiger partial charge in [-0.25, -0.2) is 0 Å². The summed E-state index contributed by atoms with van der Waals surface area (Å²) in [7, 11) is 0. The Hall–Kier alpha value is -0.0300. The zero-order chi connectivity index (χ0) is 15.9. The largest absolute Gasteiger partial charge is 0.356 e. The van der Waals surface area contributed by atoms with Crippen LogP contribution in [0.3, 0.4) is 0 Å². The van der Waals surface area contributed by atoms with E-state index >= 15 is 0 Å². The van der Waals surface area contributed by atoms with Crippen LogP contribution < -0.4 is 10.6 Å². The fourth-order valence-corrected chi connectivity index (χ4v) is 3.96. The second-order valence-corrected chi connectivity index (χ2v) is 7.88. The molecule has 0 aliphatic carbocycles. The van der Waals surface area contributed by atoms with E-state index in [1.807, 2.05) is 0 Å². The molecule has 2 aliphatic heterocycles. The van der Waals surface area contributed by atoms with Crippen LogP contribution >= 0.6 is 24.8 Å². The number of piperidine rings is 1. The molecule has 2 N–H and O–H groups in total. The Kier molecular flexibility index (Phi) is 12.3. The number of nitrogens with one attached hydrogen (secondary N) is 2. The van der Waals surface area contributed by atoms with Crippen molar-refractivity contribution in [2.24, 2.45) is 23.7 Å². The molecule has 2 unspecified atom stereocenters. The lowest BCUT2D eigenvalue weighted by atomic mass is 9.84. The van der Waals surface area contributed by atoms with Gasteiger partial charge in [-0.3, -0.25) is 4.79 Å². The van der Waals surface area contributed by atoms with Crippen molar-refractivity contribution in [2.75, 3.05) is 39.3 Å². The first-order chi connectivity index (χ1) is 10.5. The Morgan fingerprint density at radius 2 is 1.83 bits per heavy atom. The van der Waals surface area contributed by atoms with Crippen molar-refractivity contribution in [2.45, 2.75) is 46.5 Å². The maximum atomic E-state index is 12.2. The molecule has 2 heterocycles. The highest BCUT2D eigenvalue weighted by Crippen LogP contribution is 2.24. The minimum Gasteiger partial charge on any atom is -0.356 e. The Balaban J connectivity index is 0.00000264. The summed E-state index contributed by atoms with van der Waals surface area (Å²) in [5, 5.41) is 6.58. The predicted molar refractivity (Wildman–Crippen MR) is 106 cm³/mol. The Labute approximate surface area is 160 Å². The number of nitrogens with zero attached hydrogens (tertiary/aromatic N) is 1. The van der Waals surface area contributed by atoms with E-state index in [9.17, 15) is 4.79 Å². The smallest absolute Gasteiger partial charge is 0.220 e. The lowest BCUT2D eigenvalue weighted by Gasteiger charge is -2.28. The molecule has 144 valence electrons. The van der Waals surface area contributed by atoms with Gasteiger partial charge in [0.25, 0.3) is 0 Å². The Morgan fingerprint density at radius 3 is 2.46 bits per heavy atom. The second-order valence-electron chi connectivity index (χ2n) is 7.88. The summed E-state index contributed by atoms with van der Waals surface area (Å²) in [6, 6.07) is 0. The fraction of sp³-hybridized carbons (Fsp3) is 0.944.